The van der Waals surface area contributed by atoms with E-state index < -0.39 is 0 Å². The molecule has 144 valence electrons. The second kappa shape index (κ2) is 7.31. The highest BCUT2D eigenvalue weighted by molar-refractivity contribution is 7.98. The summed E-state index contributed by atoms with van der Waals surface area (Å²) in [4.78, 5) is 25.4. The van der Waals surface area contributed by atoms with Crippen molar-refractivity contribution in [2.45, 2.75) is 44.6 Å². The number of H-pyrrole nitrogens is 1. The molecular weight excluding hydrogens is 372 g/mol. The summed E-state index contributed by atoms with van der Waals surface area (Å²) in [6, 6.07) is 11.7. The lowest BCUT2D eigenvalue weighted by Gasteiger charge is -2.14. The Balaban J connectivity index is 1.67. The van der Waals surface area contributed by atoms with Gasteiger partial charge in [0.1, 0.15) is 11.3 Å². The van der Waals surface area contributed by atoms with Crippen molar-refractivity contribution < 1.29 is 4.42 Å². The molecule has 6 nitrogen and oxygen atoms in total. The predicted octanol–water partition coefficient (Wildman–Crippen LogP) is 4.87. The van der Waals surface area contributed by atoms with Crippen molar-refractivity contribution in [3.63, 3.8) is 0 Å². The molecule has 0 spiro atoms. The topological polar surface area (TPSA) is 76.7 Å². The number of thioether (sulfide) groups is 1. The molecule has 0 saturated carbocycles. The normalized spacial score (nSPS) is 11.6. The highest BCUT2D eigenvalue weighted by atomic mass is 32.2. The lowest BCUT2D eigenvalue weighted by atomic mass is 10.2. The van der Waals surface area contributed by atoms with Gasteiger partial charge < -0.3 is 9.40 Å². The third-order valence-corrected chi connectivity index (χ3v) is 5.52. The molecule has 0 bridgehead atoms. The molecule has 0 unspecified atom stereocenters. The minimum absolute atomic E-state index is 0.00814. The summed E-state index contributed by atoms with van der Waals surface area (Å²) in [7, 11) is 0. The quantitative estimate of drug-likeness (QED) is 0.386. The summed E-state index contributed by atoms with van der Waals surface area (Å²) < 4.78 is 7.58. The molecule has 0 atom stereocenters. The number of nitrogens with one attached hydrogen (secondary N) is 1. The maximum Gasteiger partial charge on any atom is 0.278 e. The summed E-state index contributed by atoms with van der Waals surface area (Å²) >= 11 is 1.50. The van der Waals surface area contributed by atoms with Crippen molar-refractivity contribution in [2.24, 2.45) is 0 Å². The molecule has 4 aromatic rings. The zero-order chi connectivity index (χ0) is 19.8. The number of aromatic nitrogens is 4. The lowest BCUT2D eigenvalue weighted by molar-refractivity contribution is 0.518. The summed E-state index contributed by atoms with van der Waals surface area (Å²) in [6.07, 6.45) is 0. The van der Waals surface area contributed by atoms with Gasteiger partial charge in [0.05, 0.1) is 11.2 Å². The number of hydrogen-bond acceptors (Lipinski definition) is 5. The molecule has 3 heterocycles. The van der Waals surface area contributed by atoms with E-state index in [4.69, 9.17) is 9.40 Å². The number of hydrogen-bond donors (Lipinski definition) is 1. The molecule has 4 rings (SSSR count). The van der Waals surface area contributed by atoms with Crippen LogP contribution >= 0.6 is 11.8 Å². The standard InChI is InChI=1S/C21H22N4O2S/c1-12(2)25-20(26)18-16(10-13(3)22-18)24-21(25)28-11-17-14(4)27-19(23-17)15-8-6-5-7-9-15/h5-10,12,22H,11H2,1-4H3. The van der Waals surface area contributed by atoms with Crippen LogP contribution in [0.25, 0.3) is 22.5 Å². The van der Waals surface area contributed by atoms with E-state index in [0.717, 1.165) is 22.7 Å². The first-order chi connectivity index (χ1) is 13.4. The zero-order valence-corrected chi connectivity index (χ0v) is 17.1. The van der Waals surface area contributed by atoms with Crippen LogP contribution in [-0.4, -0.2) is 19.5 Å². The van der Waals surface area contributed by atoms with E-state index in [-0.39, 0.29) is 11.6 Å². The van der Waals surface area contributed by atoms with Gasteiger partial charge in [0.25, 0.3) is 5.56 Å². The first kappa shape index (κ1) is 18.6. The van der Waals surface area contributed by atoms with Crippen LogP contribution in [-0.2, 0) is 5.75 Å². The van der Waals surface area contributed by atoms with E-state index in [2.05, 4.69) is 9.97 Å². The Morgan fingerprint density at radius 1 is 1.18 bits per heavy atom. The number of nitrogens with zero attached hydrogens (tertiary/aromatic N) is 3. The summed E-state index contributed by atoms with van der Waals surface area (Å²) in [5, 5.41) is 0.690. The predicted molar refractivity (Wildman–Crippen MR) is 112 cm³/mol. The summed E-state index contributed by atoms with van der Waals surface area (Å²) in [6.45, 7) is 7.82. The van der Waals surface area contributed by atoms with Crippen molar-refractivity contribution >= 4 is 22.8 Å². The molecule has 0 saturated heterocycles. The lowest BCUT2D eigenvalue weighted by Crippen LogP contribution is -2.25. The molecule has 1 N–H and O–H groups in total. The van der Waals surface area contributed by atoms with Crippen LogP contribution in [0.4, 0.5) is 0 Å². The van der Waals surface area contributed by atoms with Gasteiger partial charge in [0, 0.05) is 23.1 Å². The van der Waals surface area contributed by atoms with Crippen molar-refractivity contribution in [2.75, 3.05) is 0 Å². The zero-order valence-electron chi connectivity index (χ0n) is 16.3. The molecule has 0 fully saturated rings. The van der Waals surface area contributed by atoms with Gasteiger partial charge in [-0.05, 0) is 45.9 Å². The number of fused-ring (bicyclic) bond motifs is 1. The van der Waals surface area contributed by atoms with E-state index in [1.807, 2.05) is 64.1 Å². The van der Waals surface area contributed by atoms with Crippen LogP contribution in [0.1, 0.15) is 37.0 Å². The molecule has 0 radical (unpaired) electrons. The Bertz CT molecular complexity index is 1190. The first-order valence-corrected chi connectivity index (χ1v) is 10.2. The maximum atomic E-state index is 12.9. The third kappa shape index (κ3) is 3.38. The van der Waals surface area contributed by atoms with Crippen LogP contribution in [0, 0.1) is 13.8 Å². The van der Waals surface area contributed by atoms with E-state index in [1.165, 1.54) is 11.8 Å². The fourth-order valence-corrected chi connectivity index (χ4v) is 4.28. The van der Waals surface area contributed by atoms with E-state index in [1.54, 1.807) is 4.57 Å². The third-order valence-electron chi connectivity index (χ3n) is 4.55. The van der Waals surface area contributed by atoms with Crippen LogP contribution in [0.2, 0.25) is 0 Å². The molecule has 28 heavy (non-hydrogen) atoms. The molecule has 7 heteroatoms. The number of oxazole rings is 1. The monoisotopic (exact) mass is 394 g/mol. The van der Waals surface area contributed by atoms with E-state index in [9.17, 15) is 4.79 Å². The number of benzene rings is 1. The van der Waals surface area contributed by atoms with Gasteiger partial charge in [-0.2, -0.15) is 0 Å². The minimum Gasteiger partial charge on any atom is -0.441 e. The molecule has 0 amide bonds. The second-order valence-corrected chi connectivity index (χ2v) is 7.99. The Morgan fingerprint density at radius 3 is 2.64 bits per heavy atom. The average Bonchev–Trinajstić information content (AvgIpc) is 3.22. The fraction of sp³-hybridized carbons (Fsp3) is 0.286. The van der Waals surface area contributed by atoms with Crippen molar-refractivity contribution in [3.05, 3.63) is 63.9 Å². The molecular formula is C21H22N4O2S. The molecule has 0 aliphatic carbocycles. The van der Waals surface area contributed by atoms with Gasteiger partial charge in [-0.25, -0.2) is 9.97 Å². The Labute approximate surface area is 167 Å². The van der Waals surface area contributed by atoms with Crippen LogP contribution < -0.4 is 5.56 Å². The smallest absolute Gasteiger partial charge is 0.278 e. The van der Waals surface area contributed by atoms with Crippen molar-refractivity contribution in [3.8, 4) is 11.5 Å². The van der Waals surface area contributed by atoms with E-state index >= 15 is 0 Å². The largest absolute Gasteiger partial charge is 0.441 e. The second-order valence-electron chi connectivity index (χ2n) is 7.05. The number of rotatable bonds is 5. The number of aromatic amines is 1. The van der Waals surface area contributed by atoms with E-state index in [0.29, 0.717) is 27.8 Å². The van der Waals surface area contributed by atoms with Gasteiger partial charge in [0.15, 0.2) is 5.16 Å². The van der Waals surface area contributed by atoms with Crippen LogP contribution in [0.3, 0.4) is 0 Å². The highest BCUT2D eigenvalue weighted by Gasteiger charge is 2.18. The highest BCUT2D eigenvalue weighted by Crippen LogP contribution is 2.28. The van der Waals surface area contributed by atoms with Crippen LogP contribution in [0.5, 0.6) is 0 Å². The van der Waals surface area contributed by atoms with Crippen molar-refractivity contribution in [1.29, 1.82) is 0 Å². The summed E-state index contributed by atoms with van der Waals surface area (Å²) in [5.41, 5.74) is 3.94. The summed E-state index contributed by atoms with van der Waals surface area (Å²) in [5.74, 6) is 1.97. The molecule has 0 aliphatic heterocycles. The minimum atomic E-state index is -0.0440. The molecule has 1 aromatic carbocycles. The number of aryl methyl sites for hydroxylation is 2. The maximum absolute atomic E-state index is 12.9. The van der Waals surface area contributed by atoms with Crippen LogP contribution in [0.15, 0.2) is 50.8 Å². The van der Waals surface area contributed by atoms with Gasteiger partial charge >= 0.3 is 0 Å². The fourth-order valence-electron chi connectivity index (χ4n) is 3.15. The first-order valence-electron chi connectivity index (χ1n) is 9.20. The Morgan fingerprint density at radius 2 is 1.93 bits per heavy atom. The SMILES string of the molecule is Cc1cc2nc(SCc3nc(-c4ccccc4)oc3C)n(C(C)C)c(=O)c2[nH]1. The van der Waals surface area contributed by atoms with Gasteiger partial charge in [-0.1, -0.05) is 30.0 Å². The Kier molecular flexibility index (Phi) is 4.85. The molecule has 3 aromatic heterocycles. The Hall–Kier alpha value is -2.80. The average molecular weight is 395 g/mol. The molecule has 0 aliphatic rings. The van der Waals surface area contributed by atoms with Gasteiger partial charge in [0.2, 0.25) is 5.89 Å². The van der Waals surface area contributed by atoms with Gasteiger partial charge in [-0.3, -0.25) is 9.36 Å². The van der Waals surface area contributed by atoms with Crippen molar-refractivity contribution in [1.82, 2.24) is 19.5 Å². The van der Waals surface area contributed by atoms with Gasteiger partial charge in [-0.15, -0.1) is 0 Å².